The number of nitrogens with one attached hydrogen (secondary N) is 2. The van der Waals surface area contributed by atoms with Crippen molar-refractivity contribution in [2.24, 2.45) is 7.05 Å². The van der Waals surface area contributed by atoms with Crippen molar-refractivity contribution < 1.29 is 4.79 Å². The number of H-pyrrole nitrogens is 1. The molecule has 2 N–H and O–H groups in total. The fourth-order valence-electron chi connectivity index (χ4n) is 1.85. The summed E-state index contributed by atoms with van der Waals surface area (Å²) >= 11 is 3.35. The normalized spacial score (nSPS) is 12.4. The summed E-state index contributed by atoms with van der Waals surface area (Å²) in [7, 11) is 1.82. The van der Waals surface area contributed by atoms with E-state index in [0.29, 0.717) is 11.5 Å². The summed E-state index contributed by atoms with van der Waals surface area (Å²) in [6.07, 6.45) is 3.51. The monoisotopic (exact) mass is 326 g/mol. The van der Waals surface area contributed by atoms with Crippen molar-refractivity contribution in [1.29, 1.82) is 0 Å². The molecular weight excluding hydrogens is 312 g/mol. The second-order valence-corrected chi connectivity index (χ2v) is 5.15. The van der Waals surface area contributed by atoms with Crippen LogP contribution in [0.2, 0.25) is 0 Å². The molecule has 2 heterocycles. The number of aryl methyl sites for hydroxylation is 1. The molecule has 0 radical (unpaired) electrons. The van der Waals surface area contributed by atoms with Crippen LogP contribution in [0.5, 0.6) is 0 Å². The average Bonchev–Trinajstić information content (AvgIpc) is 2.98. The van der Waals surface area contributed by atoms with Crippen molar-refractivity contribution in [2.45, 2.75) is 25.8 Å². The summed E-state index contributed by atoms with van der Waals surface area (Å²) in [5, 5.41) is 16.7. The van der Waals surface area contributed by atoms with Gasteiger partial charge in [0.05, 0.1) is 6.04 Å². The number of hydrogen-bond donors (Lipinski definition) is 2. The predicted molar refractivity (Wildman–Crippen MR) is 72.4 cm³/mol. The van der Waals surface area contributed by atoms with Gasteiger partial charge in [0.2, 0.25) is 0 Å². The van der Waals surface area contributed by atoms with E-state index < -0.39 is 0 Å². The fraction of sp³-hybridized carbons (Fsp3) is 0.455. The smallest absolute Gasteiger partial charge is 0.268 e. The lowest BCUT2D eigenvalue weighted by Gasteiger charge is -2.14. The Labute approximate surface area is 118 Å². The number of carbonyl (C=O) groups is 1. The van der Waals surface area contributed by atoms with Gasteiger partial charge in [-0.15, -0.1) is 10.2 Å². The number of halogens is 1. The van der Waals surface area contributed by atoms with Crippen molar-refractivity contribution in [3.63, 3.8) is 0 Å². The summed E-state index contributed by atoms with van der Waals surface area (Å²) < 4.78 is 2.63. The molecule has 0 bridgehead atoms. The Bertz CT molecular complexity index is 550. The number of hydrogen-bond acceptors (Lipinski definition) is 4. The number of rotatable bonds is 5. The highest BCUT2D eigenvalue weighted by Crippen LogP contribution is 2.17. The summed E-state index contributed by atoms with van der Waals surface area (Å²) in [5.74, 6) is 0.347. The minimum atomic E-state index is -0.232. The van der Waals surface area contributed by atoms with Gasteiger partial charge in [-0.2, -0.15) is 5.21 Å². The summed E-state index contributed by atoms with van der Waals surface area (Å²) in [6.45, 7) is 2.04. The van der Waals surface area contributed by atoms with Gasteiger partial charge in [0, 0.05) is 17.7 Å². The molecule has 0 aliphatic heterocycles. The van der Waals surface area contributed by atoms with E-state index in [-0.39, 0.29) is 11.9 Å². The lowest BCUT2D eigenvalue weighted by Crippen LogP contribution is -2.30. The first-order valence-corrected chi connectivity index (χ1v) is 6.77. The Morgan fingerprint density at radius 2 is 2.42 bits per heavy atom. The molecule has 0 aromatic carbocycles. The van der Waals surface area contributed by atoms with Crippen LogP contribution in [-0.4, -0.2) is 31.1 Å². The molecule has 1 amide bonds. The van der Waals surface area contributed by atoms with Crippen LogP contribution in [0.4, 0.5) is 0 Å². The van der Waals surface area contributed by atoms with Crippen LogP contribution in [0.25, 0.3) is 0 Å². The minimum absolute atomic E-state index is 0.156. The third kappa shape index (κ3) is 3.19. The van der Waals surface area contributed by atoms with Gasteiger partial charge in [-0.25, -0.2) is 0 Å². The van der Waals surface area contributed by atoms with Gasteiger partial charge in [-0.05, 0) is 28.4 Å². The van der Waals surface area contributed by atoms with Crippen molar-refractivity contribution in [3.8, 4) is 0 Å². The first-order chi connectivity index (χ1) is 9.11. The van der Waals surface area contributed by atoms with Crippen LogP contribution in [0.1, 0.15) is 42.1 Å². The van der Waals surface area contributed by atoms with E-state index in [9.17, 15) is 4.79 Å². The van der Waals surface area contributed by atoms with E-state index in [0.717, 1.165) is 17.3 Å². The van der Waals surface area contributed by atoms with Gasteiger partial charge in [0.25, 0.3) is 5.91 Å². The number of carbonyl (C=O) groups excluding carboxylic acids is 1. The zero-order valence-electron chi connectivity index (χ0n) is 10.7. The molecule has 102 valence electrons. The first kappa shape index (κ1) is 13.7. The van der Waals surface area contributed by atoms with Gasteiger partial charge in [0.1, 0.15) is 5.69 Å². The molecule has 0 saturated heterocycles. The number of amides is 1. The third-order valence-electron chi connectivity index (χ3n) is 2.76. The van der Waals surface area contributed by atoms with Crippen molar-refractivity contribution in [1.82, 2.24) is 30.5 Å². The molecular formula is C11H15BrN6O. The van der Waals surface area contributed by atoms with E-state index in [1.807, 2.05) is 20.2 Å². The summed E-state index contributed by atoms with van der Waals surface area (Å²) in [4.78, 5) is 12.2. The van der Waals surface area contributed by atoms with Gasteiger partial charge in [-0.3, -0.25) is 4.79 Å². The Morgan fingerprint density at radius 1 is 1.63 bits per heavy atom. The zero-order chi connectivity index (χ0) is 13.8. The lowest BCUT2D eigenvalue weighted by atomic mass is 10.1. The van der Waals surface area contributed by atoms with Crippen LogP contribution in [-0.2, 0) is 7.05 Å². The fourth-order valence-corrected chi connectivity index (χ4v) is 2.38. The maximum Gasteiger partial charge on any atom is 0.268 e. The maximum absolute atomic E-state index is 12.2. The molecule has 2 aromatic rings. The molecule has 19 heavy (non-hydrogen) atoms. The molecule has 1 atom stereocenters. The highest BCUT2D eigenvalue weighted by molar-refractivity contribution is 9.10. The van der Waals surface area contributed by atoms with E-state index in [4.69, 9.17) is 0 Å². The van der Waals surface area contributed by atoms with Gasteiger partial charge in [-0.1, -0.05) is 18.6 Å². The van der Waals surface area contributed by atoms with Crippen LogP contribution in [0, 0.1) is 0 Å². The van der Waals surface area contributed by atoms with Gasteiger partial charge in [0.15, 0.2) is 5.82 Å². The molecule has 2 aromatic heterocycles. The molecule has 8 heteroatoms. The Kier molecular flexibility index (Phi) is 4.31. The SMILES string of the molecule is CCCC(NC(=O)c1cc(Br)cn1C)c1nn[nH]n1. The quantitative estimate of drug-likeness (QED) is 0.872. The van der Waals surface area contributed by atoms with E-state index in [2.05, 4.69) is 41.9 Å². The highest BCUT2D eigenvalue weighted by atomic mass is 79.9. The topological polar surface area (TPSA) is 88.5 Å². The van der Waals surface area contributed by atoms with Crippen LogP contribution in [0.3, 0.4) is 0 Å². The number of nitrogens with zero attached hydrogens (tertiary/aromatic N) is 4. The minimum Gasteiger partial charge on any atom is -0.345 e. The third-order valence-corrected chi connectivity index (χ3v) is 3.19. The van der Waals surface area contributed by atoms with Gasteiger partial charge >= 0.3 is 0 Å². The Morgan fingerprint density at radius 3 is 2.95 bits per heavy atom. The van der Waals surface area contributed by atoms with E-state index >= 15 is 0 Å². The predicted octanol–water partition coefficient (Wildman–Crippen LogP) is 1.57. The first-order valence-electron chi connectivity index (χ1n) is 5.98. The molecule has 0 saturated carbocycles. The lowest BCUT2D eigenvalue weighted by molar-refractivity contribution is 0.0924. The number of tetrazole rings is 1. The van der Waals surface area contributed by atoms with Crippen LogP contribution >= 0.6 is 15.9 Å². The second-order valence-electron chi connectivity index (χ2n) is 4.24. The molecule has 0 aliphatic rings. The standard InChI is InChI=1S/C11H15BrN6O/c1-3-4-8(10-14-16-17-15-10)13-11(19)9-5-7(12)6-18(9)2/h5-6,8H,3-4H2,1-2H3,(H,13,19)(H,14,15,16,17). The Balaban J connectivity index is 2.13. The number of aromatic amines is 1. The van der Waals surface area contributed by atoms with Gasteiger partial charge < -0.3 is 9.88 Å². The van der Waals surface area contributed by atoms with E-state index in [1.165, 1.54) is 0 Å². The second kappa shape index (κ2) is 5.96. The Hall–Kier alpha value is -1.70. The van der Waals surface area contributed by atoms with E-state index in [1.54, 1.807) is 10.6 Å². The van der Waals surface area contributed by atoms with Crippen LogP contribution < -0.4 is 5.32 Å². The number of aromatic nitrogens is 5. The van der Waals surface area contributed by atoms with Crippen molar-refractivity contribution >= 4 is 21.8 Å². The molecule has 0 spiro atoms. The summed E-state index contributed by atoms with van der Waals surface area (Å²) in [5.41, 5.74) is 0.580. The molecule has 7 nitrogen and oxygen atoms in total. The van der Waals surface area contributed by atoms with Crippen LogP contribution in [0.15, 0.2) is 16.7 Å². The molecule has 2 rings (SSSR count). The average molecular weight is 327 g/mol. The molecule has 0 aliphatic carbocycles. The highest BCUT2D eigenvalue weighted by Gasteiger charge is 2.20. The zero-order valence-corrected chi connectivity index (χ0v) is 12.3. The molecule has 1 unspecified atom stereocenters. The molecule has 0 fully saturated rings. The largest absolute Gasteiger partial charge is 0.345 e. The maximum atomic E-state index is 12.2. The summed E-state index contributed by atoms with van der Waals surface area (Å²) in [6, 6.07) is 1.54. The van der Waals surface area contributed by atoms with Crippen molar-refractivity contribution in [3.05, 3.63) is 28.3 Å². The van der Waals surface area contributed by atoms with Crippen molar-refractivity contribution in [2.75, 3.05) is 0 Å².